The third kappa shape index (κ3) is 1.74. The van der Waals surface area contributed by atoms with Crippen molar-refractivity contribution in [2.75, 3.05) is 5.32 Å². The van der Waals surface area contributed by atoms with Crippen molar-refractivity contribution in [2.45, 2.75) is 6.92 Å². The predicted molar refractivity (Wildman–Crippen MR) is 55.5 cm³/mol. The molecule has 2 rings (SSSR count). The first-order valence-electron chi connectivity index (χ1n) is 4.43. The van der Waals surface area contributed by atoms with Gasteiger partial charge in [-0.2, -0.15) is 5.10 Å². The second kappa shape index (κ2) is 3.49. The Bertz CT molecular complexity index is 433. The van der Waals surface area contributed by atoms with Gasteiger partial charge in [-0.15, -0.1) is 0 Å². The van der Waals surface area contributed by atoms with Crippen LogP contribution in [0, 0.1) is 6.92 Å². The van der Waals surface area contributed by atoms with Crippen LogP contribution in [-0.2, 0) is 7.05 Å². The lowest BCUT2D eigenvalue weighted by molar-refractivity contribution is 0.771. The van der Waals surface area contributed by atoms with Crippen LogP contribution in [0.25, 0.3) is 0 Å². The number of anilines is 2. The molecule has 0 aliphatic carbocycles. The molecule has 4 nitrogen and oxygen atoms in total. The van der Waals surface area contributed by atoms with Gasteiger partial charge in [0.15, 0.2) is 5.82 Å². The van der Waals surface area contributed by atoms with Crippen LogP contribution in [0.3, 0.4) is 0 Å². The minimum atomic E-state index is 0.849. The van der Waals surface area contributed by atoms with Crippen LogP contribution < -0.4 is 5.32 Å². The molecule has 72 valence electrons. The molecule has 1 N–H and O–H groups in total. The molecule has 0 bridgehead atoms. The third-order valence-electron chi connectivity index (χ3n) is 2.00. The van der Waals surface area contributed by atoms with Gasteiger partial charge in [-0.25, -0.2) is 0 Å². The molecule has 4 heteroatoms. The van der Waals surface area contributed by atoms with E-state index in [1.807, 2.05) is 38.5 Å². The number of nitrogens with one attached hydrogen (secondary N) is 1. The van der Waals surface area contributed by atoms with E-state index in [4.69, 9.17) is 0 Å². The molecular formula is C10H12N4. The minimum Gasteiger partial charge on any atom is -0.338 e. The van der Waals surface area contributed by atoms with E-state index in [-0.39, 0.29) is 0 Å². The molecule has 0 saturated carbocycles. The summed E-state index contributed by atoms with van der Waals surface area (Å²) in [6, 6.07) is 3.86. The van der Waals surface area contributed by atoms with Crippen molar-refractivity contribution < 1.29 is 0 Å². The Hall–Kier alpha value is -1.84. The van der Waals surface area contributed by atoms with Crippen LogP contribution in [0.4, 0.5) is 11.5 Å². The van der Waals surface area contributed by atoms with Crippen molar-refractivity contribution in [3.8, 4) is 0 Å². The smallest absolute Gasteiger partial charge is 0.152 e. The van der Waals surface area contributed by atoms with Crippen LogP contribution in [0.15, 0.2) is 30.7 Å². The van der Waals surface area contributed by atoms with Gasteiger partial charge in [-0.3, -0.25) is 9.67 Å². The summed E-state index contributed by atoms with van der Waals surface area (Å²) in [7, 11) is 1.89. The lowest BCUT2D eigenvalue weighted by atomic mass is 10.2. The summed E-state index contributed by atoms with van der Waals surface area (Å²) in [5, 5.41) is 7.45. The third-order valence-corrected chi connectivity index (χ3v) is 2.00. The van der Waals surface area contributed by atoms with Crippen molar-refractivity contribution in [2.24, 2.45) is 7.05 Å². The first-order valence-corrected chi connectivity index (χ1v) is 4.43. The second-order valence-corrected chi connectivity index (χ2v) is 3.19. The quantitative estimate of drug-likeness (QED) is 0.782. The number of aryl methyl sites for hydroxylation is 2. The molecule has 0 aliphatic heterocycles. The van der Waals surface area contributed by atoms with Crippen LogP contribution in [-0.4, -0.2) is 14.8 Å². The molecule has 0 radical (unpaired) electrons. The number of aromatic nitrogens is 3. The standard InChI is InChI=1S/C10H12N4/c1-8-7-11-5-3-9(8)12-10-4-6-14(2)13-10/h3-7H,1-2H3,(H,11,12,13). The summed E-state index contributed by atoms with van der Waals surface area (Å²) in [5.74, 6) is 0.849. The van der Waals surface area contributed by atoms with Gasteiger partial charge in [0.25, 0.3) is 0 Å². The summed E-state index contributed by atoms with van der Waals surface area (Å²) >= 11 is 0. The van der Waals surface area contributed by atoms with Gasteiger partial charge >= 0.3 is 0 Å². The fourth-order valence-corrected chi connectivity index (χ4v) is 1.23. The highest BCUT2D eigenvalue weighted by atomic mass is 15.3. The topological polar surface area (TPSA) is 42.7 Å². The molecule has 0 aliphatic rings. The highest BCUT2D eigenvalue weighted by Gasteiger charge is 1.99. The monoisotopic (exact) mass is 188 g/mol. The van der Waals surface area contributed by atoms with Gasteiger partial charge in [0.1, 0.15) is 0 Å². The molecule has 0 spiro atoms. The first-order chi connectivity index (χ1) is 6.75. The van der Waals surface area contributed by atoms with Gasteiger partial charge in [-0.05, 0) is 18.6 Å². The highest BCUT2D eigenvalue weighted by Crippen LogP contribution is 2.16. The van der Waals surface area contributed by atoms with Crippen molar-refractivity contribution in [1.82, 2.24) is 14.8 Å². The van der Waals surface area contributed by atoms with E-state index in [1.165, 1.54) is 0 Å². The van der Waals surface area contributed by atoms with E-state index in [0.717, 1.165) is 17.1 Å². The molecule has 0 unspecified atom stereocenters. The Labute approximate surface area is 82.6 Å². The van der Waals surface area contributed by atoms with Crippen LogP contribution in [0.2, 0.25) is 0 Å². The number of hydrogen-bond acceptors (Lipinski definition) is 3. The molecule has 2 heterocycles. The van der Waals surface area contributed by atoms with Crippen LogP contribution in [0.1, 0.15) is 5.56 Å². The summed E-state index contributed by atoms with van der Waals surface area (Å²) in [5.41, 5.74) is 2.15. The zero-order chi connectivity index (χ0) is 9.97. The second-order valence-electron chi connectivity index (χ2n) is 3.19. The van der Waals surface area contributed by atoms with E-state index >= 15 is 0 Å². The SMILES string of the molecule is Cc1cnccc1Nc1ccn(C)n1. The summed E-state index contributed by atoms with van der Waals surface area (Å²) in [6.07, 6.45) is 5.49. The van der Waals surface area contributed by atoms with Crippen LogP contribution >= 0.6 is 0 Å². The first kappa shape index (κ1) is 8.74. The predicted octanol–water partition coefficient (Wildman–Crippen LogP) is 1.87. The van der Waals surface area contributed by atoms with Crippen LogP contribution in [0.5, 0.6) is 0 Å². The number of nitrogens with zero attached hydrogens (tertiary/aromatic N) is 3. The maximum absolute atomic E-state index is 4.23. The van der Waals surface area contributed by atoms with Crippen molar-refractivity contribution >= 4 is 11.5 Å². The molecule has 0 saturated heterocycles. The number of hydrogen-bond donors (Lipinski definition) is 1. The Morgan fingerprint density at radius 3 is 2.86 bits per heavy atom. The summed E-state index contributed by atoms with van der Waals surface area (Å²) in [4.78, 5) is 4.03. The van der Waals surface area contributed by atoms with Crippen molar-refractivity contribution in [1.29, 1.82) is 0 Å². The van der Waals surface area contributed by atoms with Gasteiger partial charge in [0.2, 0.25) is 0 Å². The number of rotatable bonds is 2. The Kier molecular flexibility index (Phi) is 2.18. The van der Waals surface area contributed by atoms with Crippen molar-refractivity contribution in [3.05, 3.63) is 36.3 Å². The molecule has 0 amide bonds. The fraction of sp³-hybridized carbons (Fsp3) is 0.200. The molecular weight excluding hydrogens is 176 g/mol. The lowest BCUT2D eigenvalue weighted by Gasteiger charge is -2.04. The van der Waals surface area contributed by atoms with E-state index in [9.17, 15) is 0 Å². The highest BCUT2D eigenvalue weighted by molar-refractivity contribution is 5.58. The van der Waals surface area contributed by atoms with E-state index in [0.29, 0.717) is 0 Å². The molecule has 0 aromatic carbocycles. The van der Waals surface area contributed by atoms with Crippen molar-refractivity contribution in [3.63, 3.8) is 0 Å². The molecule has 14 heavy (non-hydrogen) atoms. The lowest BCUT2D eigenvalue weighted by Crippen LogP contribution is -1.95. The van der Waals surface area contributed by atoms with E-state index < -0.39 is 0 Å². The summed E-state index contributed by atoms with van der Waals surface area (Å²) < 4.78 is 1.76. The fourth-order valence-electron chi connectivity index (χ4n) is 1.23. The Balaban J connectivity index is 2.23. The summed E-state index contributed by atoms with van der Waals surface area (Å²) in [6.45, 7) is 2.01. The molecule has 0 fully saturated rings. The zero-order valence-corrected chi connectivity index (χ0v) is 8.23. The van der Waals surface area contributed by atoms with E-state index in [1.54, 1.807) is 10.9 Å². The molecule has 2 aromatic rings. The zero-order valence-electron chi connectivity index (χ0n) is 8.23. The maximum Gasteiger partial charge on any atom is 0.152 e. The van der Waals surface area contributed by atoms with Gasteiger partial charge in [0, 0.05) is 37.4 Å². The number of pyridine rings is 1. The van der Waals surface area contributed by atoms with Gasteiger partial charge < -0.3 is 5.32 Å². The average Bonchev–Trinajstić information content (AvgIpc) is 2.56. The molecule has 0 atom stereocenters. The largest absolute Gasteiger partial charge is 0.338 e. The minimum absolute atomic E-state index is 0.849. The maximum atomic E-state index is 4.23. The average molecular weight is 188 g/mol. The van der Waals surface area contributed by atoms with Gasteiger partial charge in [0.05, 0.1) is 0 Å². The Morgan fingerprint density at radius 1 is 1.36 bits per heavy atom. The Morgan fingerprint density at radius 2 is 2.21 bits per heavy atom. The molecule has 2 aromatic heterocycles. The van der Waals surface area contributed by atoms with Gasteiger partial charge in [-0.1, -0.05) is 0 Å². The normalized spacial score (nSPS) is 10.1. The van der Waals surface area contributed by atoms with E-state index in [2.05, 4.69) is 15.4 Å².